The van der Waals surface area contributed by atoms with Gasteiger partial charge >= 0.3 is 0 Å². The predicted octanol–water partition coefficient (Wildman–Crippen LogP) is 1.56. The lowest BCUT2D eigenvalue weighted by atomic mass is 9.81. The van der Waals surface area contributed by atoms with Gasteiger partial charge in [-0.05, 0) is 39.5 Å². The monoisotopic (exact) mass is 315 g/mol. The Morgan fingerprint density at radius 1 is 1.19 bits per heavy atom. The summed E-state index contributed by atoms with van der Waals surface area (Å²) < 4.78 is 22.3. The molecule has 1 heterocycles. The van der Waals surface area contributed by atoms with E-state index in [0.717, 1.165) is 38.4 Å². The van der Waals surface area contributed by atoms with Crippen molar-refractivity contribution in [1.29, 1.82) is 0 Å². The van der Waals surface area contributed by atoms with Gasteiger partial charge in [0.2, 0.25) is 5.91 Å². The summed E-state index contributed by atoms with van der Waals surface area (Å²) in [6.45, 7) is 3.48. The van der Waals surface area contributed by atoms with E-state index in [-0.39, 0.29) is 23.7 Å². The molecule has 0 spiro atoms. The Hall–Kier alpha value is -0.910. The zero-order chi connectivity index (χ0) is 15.8. The molecule has 2 aliphatic rings. The van der Waals surface area contributed by atoms with E-state index in [1.807, 2.05) is 0 Å². The number of amides is 1. The Morgan fingerprint density at radius 2 is 1.86 bits per heavy atom. The molecule has 0 bridgehead atoms. The highest BCUT2D eigenvalue weighted by molar-refractivity contribution is 7.92. The summed E-state index contributed by atoms with van der Waals surface area (Å²) in [5, 5.41) is 0. The quantitative estimate of drug-likeness (QED) is 0.792. The second kappa shape index (κ2) is 5.71. The molecule has 2 fully saturated rings. The van der Waals surface area contributed by atoms with Crippen LogP contribution in [0, 0.1) is 5.92 Å². The summed E-state index contributed by atoms with van der Waals surface area (Å²) >= 11 is 0. The molecule has 0 aromatic heterocycles. The third kappa shape index (κ3) is 3.00. The van der Waals surface area contributed by atoms with Gasteiger partial charge in [-0.1, -0.05) is 6.42 Å². The minimum atomic E-state index is -3.48. The van der Waals surface area contributed by atoms with Crippen LogP contribution in [0.4, 0.5) is 0 Å². The lowest BCUT2D eigenvalue weighted by molar-refractivity contribution is -0.137. The van der Waals surface area contributed by atoms with Crippen molar-refractivity contribution in [3.63, 3.8) is 0 Å². The first-order chi connectivity index (χ1) is 9.66. The molecule has 5 nitrogen and oxygen atoms in total. The maximum atomic E-state index is 12.7. The highest BCUT2D eigenvalue weighted by Crippen LogP contribution is 2.34. The van der Waals surface area contributed by atoms with Gasteiger partial charge in [-0.25, -0.2) is 8.42 Å². The van der Waals surface area contributed by atoms with Crippen molar-refractivity contribution < 1.29 is 18.0 Å². The number of carbonyl (C=O) groups excluding carboxylic acids is 2. The number of sulfone groups is 1. The fourth-order valence-electron chi connectivity index (χ4n) is 3.38. The van der Waals surface area contributed by atoms with Gasteiger partial charge in [-0.2, -0.15) is 0 Å². The molecule has 0 aromatic carbocycles. The molecule has 1 aliphatic heterocycles. The van der Waals surface area contributed by atoms with E-state index in [0.29, 0.717) is 13.0 Å². The second-order valence-electron chi connectivity index (χ2n) is 6.81. The first kappa shape index (κ1) is 16.5. The Morgan fingerprint density at radius 3 is 2.43 bits per heavy atom. The molecule has 6 heteroatoms. The van der Waals surface area contributed by atoms with Gasteiger partial charge in [0.1, 0.15) is 10.5 Å². The van der Waals surface area contributed by atoms with Crippen LogP contribution in [0.1, 0.15) is 52.4 Å². The number of Topliss-reactive ketones (excluding diaryl/α,β-unsaturated/α-hetero) is 1. The number of hydrogen-bond donors (Lipinski definition) is 0. The van der Waals surface area contributed by atoms with Gasteiger partial charge in [0.25, 0.3) is 0 Å². The molecule has 1 saturated carbocycles. The van der Waals surface area contributed by atoms with E-state index < -0.39 is 14.6 Å². The number of rotatable bonds is 3. The van der Waals surface area contributed by atoms with Gasteiger partial charge in [0.15, 0.2) is 9.84 Å². The van der Waals surface area contributed by atoms with Crippen molar-refractivity contribution in [3.05, 3.63) is 0 Å². The van der Waals surface area contributed by atoms with E-state index >= 15 is 0 Å². The van der Waals surface area contributed by atoms with Crippen LogP contribution < -0.4 is 0 Å². The van der Waals surface area contributed by atoms with Crippen LogP contribution in [0.2, 0.25) is 0 Å². The highest BCUT2D eigenvalue weighted by Gasteiger charge is 2.47. The van der Waals surface area contributed by atoms with E-state index in [4.69, 9.17) is 0 Å². The van der Waals surface area contributed by atoms with Crippen molar-refractivity contribution in [2.24, 2.45) is 5.92 Å². The SMILES string of the molecule is CC(C)(C(=O)N1CCCC1C1CCCCC1=O)S(C)(=O)=O. The molecule has 0 aromatic rings. The molecular weight excluding hydrogens is 290 g/mol. The van der Waals surface area contributed by atoms with Crippen LogP contribution in [0.25, 0.3) is 0 Å². The van der Waals surface area contributed by atoms with Crippen molar-refractivity contribution in [2.45, 2.75) is 63.2 Å². The third-order valence-corrected chi connectivity index (χ3v) is 7.10. The molecule has 1 saturated heterocycles. The molecule has 2 rings (SSSR count). The molecule has 1 amide bonds. The van der Waals surface area contributed by atoms with Crippen molar-refractivity contribution in [1.82, 2.24) is 4.90 Å². The molecule has 2 atom stereocenters. The fourth-order valence-corrected chi connectivity index (χ4v) is 3.82. The Labute approximate surface area is 127 Å². The van der Waals surface area contributed by atoms with Crippen molar-refractivity contribution in [3.8, 4) is 0 Å². The minimum Gasteiger partial charge on any atom is -0.338 e. The third-order valence-electron chi connectivity index (χ3n) is 5.07. The first-order valence-corrected chi connectivity index (χ1v) is 9.59. The van der Waals surface area contributed by atoms with Gasteiger partial charge in [-0.15, -0.1) is 0 Å². The molecule has 2 unspecified atom stereocenters. The topological polar surface area (TPSA) is 71.5 Å². The molecule has 0 N–H and O–H groups in total. The van der Waals surface area contributed by atoms with E-state index in [1.165, 1.54) is 13.8 Å². The predicted molar refractivity (Wildman–Crippen MR) is 80.6 cm³/mol. The first-order valence-electron chi connectivity index (χ1n) is 7.69. The minimum absolute atomic E-state index is 0.0967. The highest BCUT2D eigenvalue weighted by atomic mass is 32.2. The lowest BCUT2D eigenvalue weighted by Gasteiger charge is -2.36. The normalized spacial score (nSPS) is 28.0. The summed E-state index contributed by atoms with van der Waals surface area (Å²) in [5.41, 5.74) is 0. The van der Waals surface area contributed by atoms with Crippen LogP contribution in [-0.2, 0) is 19.4 Å². The van der Waals surface area contributed by atoms with Gasteiger partial charge < -0.3 is 4.90 Å². The number of nitrogens with zero attached hydrogens (tertiary/aromatic N) is 1. The smallest absolute Gasteiger partial charge is 0.243 e. The average molecular weight is 315 g/mol. The summed E-state index contributed by atoms with van der Waals surface area (Å²) in [5.74, 6) is -0.213. The van der Waals surface area contributed by atoms with Crippen LogP contribution in [0.5, 0.6) is 0 Å². The second-order valence-corrected chi connectivity index (χ2v) is 9.37. The maximum absolute atomic E-state index is 12.7. The average Bonchev–Trinajstić information content (AvgIpc) is 2.85. The fraction of sp³-hybridized carbons (Fsp3) is 0.867. The molecule has 21 heavy (non-hydrogen) atoms. The largest absolute Gasteiger partial charge is 0.338 e. The molecular formula is C15H25NO4S. The lowest BCUT2D eigenvalue weighted by Crippen LogP contribution is -2.53. The Bertz CT molecular complexity index is 538. The van der Waals surface area contributed by atoms with E-state index in [2.05, 4.69) is 0 Å². The number of likely N-dealkylation sites (tertiary alicyclic amines) is 1. The molecule has 120 valence electrons. The van der Waals surface area contributed by atoms with Crippen LogP contribution >= 0.6 is 0 Å². The van der Waals surface area contributed by atoms with Gasteiger partial charge in [0.05, 0.1) is 0 Å². The summed E-state index contributed by atoms with van der Waals surface area (Å²) in [4.78, 5) is 26.5. The summed E-state index contributed by atoms with van der Waals surface area (Å²) in [6.07, 6.45) is 6.13. The zero-order valence-electron chi connectivity index (χ0n) is 13.1. The Balaban J connectivity index is 2.22. The number of ketones is 1. The summed E-state index contributed by atoms with van der Waals surface area (Å²) in [7, 11) is -3.48. The number of carbonyl (C=O) groups is 2. The van der Waals surface area contributed by atoms with Crippen molar-refractivity contribution >= 4 is 21.5 Å². The maximum Gasteiger partial charge on any atom is 0.243 e. The zero-order valence-corrected chi connectivity index (χ0v) is 13.9. The summed E-state index contributed by atoms with van der Waals surface area (Å²) in [6, 6.07) is -0.105. The van der Waals surface area contributed by atoms with Crippen LogP contribution in [0.3, 0.4) is 0 Å². The van der Waals surface area contributed by atoms with Crippen LogP contribution in [0.15, 0.2) is 0 Å². The molecule has 0 radical (unpaired) electrons. The number of hydrogen-bond acceptors (Lipinski definition) is 4. The molecule has 1 aliphatic carbocycles. The Kier molecular flexibility index (Phi) is 4.47. The van der Waals surface area contributed by atoms with Gasteiger partial charge in [-0.3, -0.25) is 9.59 Å². The van der Waals surface area contributed by atoms with Gasteiger partial charge in [0, 0.05) is 31.2 Å². The standard InChI is InChI=1S/C15H25NO4S/c1-15(2,21(3,19)20)14(18)16-10-6-8-12(16)11-7-4-5-9-13(11)17/h11-12H,4-10H2,1-3H3. The van der Waals surface area contributed by atoms with E-state index in [1.54, 1.807) is 4.90 Å². The van der Waals surface area contributed by atoms with Crippen molar-refractivity contribution in [2.75, 3.05) is 12.8 Å². The van der Waals surface area contributed by atoms with E-state index in [9.17, 15) is 18.0 Å². The van der Waals surface area contributed by atoms with Crippen LogP contribution in [-0.4, -0.2) is 48.6 Å².